The molecule has 21 heavy (non-hydrogen) atoms. The van der Waals surface area contributed by atoms with Gasteiger partial charge in [0.25, 0.3) is 0 Å². The van der Waals surface area contributed by atoms with Gasteiger partial charge in [0.15, 0.2) is 0 Å². The average molecular weight is 314 g/mol. The zero-order valence-corrected chi connectivity index (χ0v) is 11.9. The lowest BCUT2D eigenvalue weighted by Gasteiger charge is -2.19. The van der Waals surface area contributed by atoms with E-state index in [-0.39, 0.29) is 39.6 Å². The summed E-state index contributed by atoms with van der Waals surface area (Å²) in [5.41, 5.74) is 0. The number of ether oxygens (including phenoxy) is 3. The summed E-state index contributed by atoms with van der Waals surface area (Å²) in [6.45, 7) is -1.51. The summed E-state index contributed by atoms with van der Waals surface area (Å²) in [4.78, 5) is 0. The molecule has 6 N–H and O–H groups in total. The lowest BCUT2D eigenvalue weighted by molar-refractivity contribution is -0.0934. The van der Waals surface area contributed by atoms with Crippen molar-refractivity contribution in [1.82, 2.24) is 0 Å². The normalized spacial score (nSPS) is 17.4. The molecule has 0 saturated heterocycles. The molecule has 0 aromatic carbocycles. The predicted molar refractivity (Wildman–Crippen MR) is 70.7 cm³/mol. The molecule has 9 nitrogen and oxygen atoms in total. The summed E-state index contributed by atoms with van der Waals surface area (Å²) < 4.78 is 15.2. The van der Waals surface area contributed by atoms with Crippen LogP contribution >= 0.6 is 0 Å². The van der Waals surface area contributed by atoms with Crippen molar-refractivity contribution in [2.24, 2.45) is 0 Å². The number of hydrogen-bond acceptors (Lipinski definition) is 9. The van der Waals surface area contributed by atoms with Crippen molar-refractivity contribution >= 4 is 0 Å². The molecule has 0 fully saturated rings. The topological polar surface area (TPSA) is 149 Å². The molecule has 0 aliphatic carbocycles. The molecule has 0 aliphatic rings. The van der Waals surface area contributed by atoms with Gasteiger partial charge in [0.1, 0.15) is 24.4 Å². The highest BCUT2D eigenvalue weighted by Crippen LogP contribution is 1.97. The highest BCUT2D eigenvalue weighted by Gasteiger charge is 2.13. The third-order valence-electron chi connectivity index (χ3n) is 2.38. The smallest absolute Gasteiger partial charge is 0.104 e. The fourth-order valence-corrected chi connectivity index (χ4v) is 1.23. The van der Waals surface area contributed by atoms with Crippen molar-refractivity contribution in [3.05, 3.63) is 0 Å². The van der Waals surface area contributed by atoms with Gasteiger partial charge in [-0.05, 0) is 0 Å². The van der Waals surface area contributed by atoms with E-state index in [1.807, 2.05) is 0 Å². The summed E-state index contributed by atoms with van der Waals surface area (Å²) in [5.74, 6) is 0. The summed E-state index contributed by atoms with van der Waals surface area (Å²) in [5, 5.41) is 53.8. The second-order valence-electron chi connectivity index (χ2n) is 4.54. The van der Waals surface area contributed by atoms with Crippen LogP contribution in [0.2, 0.25) is 0 Å². The Hall–Kier alpha value is -0.360. The maximum atomic E-state index is 9.51. The molecule has 0 heterocycles. The van der Waals surface area contributed by atoms with Crippen molar-refractivity contribution < 1.29 is 44.8 Å². The van der Waals surface area contributed by atoms with E-state index in [1.165, 1.54) is 0 Å². The van der Waals surface area contributed by atoms with E-state index in [0.29, 0.717) is 0 Å². The Kier molecular flexibility index (Phi) is 13.1. The molecule has 0 spiro atoms. The largest absolute Gasteiger partial charge is 0.394 e. The molecular weight excluding hydrogens is 288 g/mol. The first-order valence-corrected chi connectivity index (χ1v) is 6.67. The van der Waals surface area contributed by atoms with Gasteiger partial charge in [-0.3, -0.25) is 0 Å². The molecule has 0 bridgehead atoms. The zero-order chi connectivity index (χ0) is 16.1. The van der Waals surface area contributed by atoms with Gasteiger partial charge in [0.05, 0.1) is 52.9 Å². The third kappa shape index (κ3) is 11.9. The van der Waals surface area contributed by atoms with Gasteiger partial charge < -0.3 is 44.8 Å². The first-order valence-electron chi connectivity index (χ1n) is 6.67. The average Bonchev–Trinajstić information content (AvgIpc) is 2.49. The zero-order valence-electron chi connectivity index (χ0n) is 11.9. The first-order chi connectivity index (χ1) is 10.0. The highest BCUT2D eigenvalue weighted by atomic mass is 16.6. The number of rotatable bonds is 14. The molecule has 4 unspecified atom stereocenters. The monoisotopic (exact) mass is 314 g/mol. The molecule has 0 aromatic heterocycles. The van der Waals surface area contributed by atoms with Gasteiger partial charge in [0.2, 0.25) is 0 Å². The Labute approximate surface area is 123 Å². The Balaban J connectivity index is 3.64. The molecule has 0 rings (SSSR count). The fourth-order valence-electron chi connectivity index (χ4n) is 1.23. The van der Waals surface area contributed by atoms with E-state index in [4.69, 9.17) is 39.7 Å². The molecule has 0 radical (unpaired) electrons. The standard InChI is InChI=1S/C12H26O9/c13-1-9(16)4-19-5-11(18)6-20-8-12(3-15)21-7-10(17)2-14/h9-18H,1-8H2. The maximum Gasteiger partial charge on any atom is 0.104 e. The molecule has 0 saturated carbocycles. The number of aliphatic hydroxyl groups excluding tert-OH is 6. The number of aliphatic hydroxyl groups is 6. The quantitative estimate of drug-likeness (QED) is 0.192. The van der Waals surface area contributed by atoms with Crippen LogP contribution in [0.1, 0.15) is 0 Å². The highest BCUT2D eigenvalue weighted by molar-refractivity contribution is 4.59. The lowest BCUT2D eigenvalue weighted by Crippen LogP contribution is -2.32. The molecule has 0 amide bonds. The third-order valence-corrected chi connectivity index (χ3v) is 2.38. The molecule has 4 atom stereocenters. The van der Waals surface area contributed by atoms with Crippen LogP contribution in [0.4, 0.5) is 0 Å². The second-order valence-corrected chi connectivity index (χ2v) is 4.54. The summed E-state index contributed by atoms with van der Waals surface area (Å²) in [6.07, 6.45) is -3.59. The minimum absolute atomic E-state index is 0.00493. The maximum absolute atomic E-state index is 9.51. The summed E-state index contributed by atoms with van der Waals surface area (Å²) in [7, 11) is 0. The Morgan fingerprint density at radius 1 is 0.571 bits per heavy atom. The molecular formula is C12H26O9. The Morgan fingerprint density at radius 2 is 1.05 bits per heavy atom. The van der Waals surface area contributed by atoms with Gasteiger partial charge in [-0.25, -0.2) is 0 Å². The lowest BCUT2D eigenvalue weighted by atomic mass is 10.3. The van der Waals surface area contributed by atoms with Crippen molar-refractivity contribution in [3.8, 4) is 0 Å². The van der Waals surface area contributed by atoms with E-state index in [2.05, 4.69) is 0 Å². The molecule has 128 valence electrons. The summed E-state index contributed by atoms with van der Waals surface area (Å²) in [6, 6.07) is 0. The second kappa shape index (κ2) is 13.3. The molecule has 0 aliphatic heterocycles. The minimum atomic E-state index is -1.02. The Morgan fingerprint density at radius 3 is 1.57 bits per heavy atom. The van der Waals surface area contributed by atoms with Crippen LogP contribution in [0.3, 0.4) is 0 Å². The van der Waals surface area contributed by atoms with Crippen LogP contribution in [0, 0.1) is 0 Å². The van der Waals surface area contributed by atoms with Crippen molar-refractivity contribution in [2.75, 3.05) is 52.9 Å². The van der Waals surface area contributed by atoms with E-state index in [1.54, 1.807) is 0 Å². The minimum Gasteiger partial charge on any atom is -0.394 e. The van der Waals surface area contributed by atoms with Crippen LogP contribution in [0.25, 0.3) is 0 Å². The van der Waals surface area contributed by atoms with Gasteiger partial charge >= 0.3 is 0 Å². The number of hydrogen-bond donors (Lipinski definition) is 6. The summed E-state index contributed by atoms with van der Waals surface area (Å²) >= 11 is 0. The van der Waals surface area contributed by atoms with Crippen LogP contribution < -0.4 is 0 Å². The van der Waals surface area contributed by atoms with E-state index in [0.717, 1.165) is 0 Å². The van der Waals surface area contributed by atoms with Crippen LogP contribution in [-0.4, -0.2) is 108 Å². The van der Waals surface area contributed by atoms with E-state index in [9.17, 15) is 5.11 Å². The Bertz CT molecular complexity index is 229. The molecule has 9 heteroatoms. The van der Waals surface area contributed by atoms with Crippen LogP contribution in [-0.2, 0) is 14.2 Å². The van der Waals surface area contributed by atoms with Crippen LogP contribution in [0.5, 0.6) is 0 Å². The van der Waals surface area contributed by atoms with Gasteiger partial charge in [-0.2, -0.15) is 0 Å². The molecule has 0 aromatic rings. The van der Waals surface area contributed by atoms with Crippen molar-refractivity contribution in [3.63, 3.8) is 0 Å². The van der Waals surface area contributed by atoms with Crippen molar-refractivity contribution in [2.45, 2.75) is 24.4 Å². The van der Waals surface area contributed by atoms with Gasteiger partial charge in [-0.1, -0.05) is 0 Å². The van der Waals surface area contributed by atoms with Gasteiger partial charge in [0, 0.05) is 0 Å². The SMILES string of the molecule is OCC(O)COCC(O)COCC(CO)OCC(O)CO. The van der Waals surface area contributed by atoms with Crippen molar-refractivity contribution in [1.29, 1.82) is 0 Å². The van der Waals surface area contributed by atoms with Gasteiger partial charge in [-0.15, -0.1) is 0 Å². The predicted octanol–water partition coefficient (Wildman–Crippen LogP) is -3.54. The van der Waals surface area contributed by atoms with E-state index < -0.39 is 37.6 Å². The fraction of sp³-hybridized carbons (Fsp3) is 1.00. The van der Waals surface area contributed by atoms with E-state index >= 15 is 0 Å². The first kappa shape index (κ1) is 20.6. The van der Waals surface area contributed by atoms with Crippen LogP contribution in [0.15, 0.2) is 0 Å².